The molecule has 1 saturated heterocycles. The van der Waals surface area contributed by atoms with E-state index in [1.165, 1.54) is 25.3 Å². The van der Waals surface area contributed by atoms with Crippen molar-refractivity contribution in [3.8, 4) is 5.75 Å². The number of hydrogen-bond acceptors (Lipinski definition) is 6. The lowest BCUT2D eigenvalue weighted by Gasteiger charge is -2.26. The molecule has 0 aromatic heterocycles. The van der Waals surface area contributed by atoms with Crippen molar-refractivity contribution < 1.29 is 22.7 Å². The van der Waals surface area contributed by atoms with Crippen LogP contribution >= 0.6 is 11.6 Å². The van der Waals surface area contributed by atoms with Crippen LogP contribution in [-0.4, -0.2) is 71.8 Å². The summed E-state index contributed by atoms with van der Waals surface area (Å²) in [6.45, 7) is 4.52. The van der Waals surface area contributed by atoms with Crippen LogP contribution in [0.3, 0.4) is 0 Å². The standard InChI is InChI=1S/C23H30ClN3O5S/c1-31-22-9-8-19(17-20(22)24)33(29,30)26-21(16-18-6-3-2-4-7-18)23(28)25-10-5-11-27-12-14-32-15-13-27/h2-4,6-9,17,21,26H,5,10-16H2,1H3,(H,25,28). The number of hydrogen-bond donors (Lipinski definition) is 2. The molecular formula is C23H30ClN3O5S. The Morgan fingerprint density at radius 2 is 1.91 bits per heavy atom. The molecule has 1 atom stereocenters. The number of nitrogens with one attached hydrogen (secondary N) is 2. The van der Waals surface area contributed by atoms with Crippen LogP contribution in [-0.2, 0) is 26.0 Å². The molecule has 0 saturated carbocycles. The highest BCUT2D eigenvalue weighted by molar-refractivity contribution is 7.89. The summed E-state index contributed by atoms with van der Waals surface area (Å²) in [5, 5.41) is 3.05. The maximum absolute atomic E-state index is 13.0. The molecule has 1 aliphatic heterocycles. The molecule has 0 aliphatic carbocycles. The van der Waals surface area contributed by atoms with E-state index in [4.69, 9.17) is 21.1 Å². The maximum Gasteiger partial charge on any atom is 0.241 e. The Hall–Kier alpha value is -2.17. The largest absolute Gasteiger partial charge is 0.495 e. The number of ether oxygens (including phenoxy) is 2. The first-order valence-electron chi connectivity index (χ1n) is 10.9. The molecule has 8 nitrogen and oxygen atoms in total. The van der Waals surface area contributed by atoms with Crippen molar-refractivity contribution in [2.24, 2.45) is 0 Å². The second-order valence-electron chi connectivity index (χ2n) is 7.76. The van der Waals surface area contributed by atoms with Crippen LogP contribution in [0.1, 0.15) is 12.0 Å². The number of methoxy groups -OCH3 is 1. The van der Waals surface area contributed by atoms with E-state index in [2.05, 4.69) is 14.9 Å². The zero-order valence-corrected chi connectivity index (χ0v) is 20.2. The van der Waals surface area contributed by atoms with Crippen LogP contribution in [0.25, 0.3) is 0 Å². The van der Waals surface area contributed by atoms with E-state index < -0.39 is 16.1 Å². The Balaban J connectivity index is 1.66. The molecule has 1 unspecified atom stereocenters. The number of amides is 1. The number of nitrogens with zero attached hydrogens (tertiary/aromatic N) is 1. The molecule has 180 valence electrons. The van der Waals surface area contributed by atoms with Gasteiger partial charge in [0.25, 0.3) is 0 Å². The van der Waals surface area contributed by atoms with Crippen molar-refractivity contribution in [1.82, 2.24) is 14.9 Å². The van der Waals surface area contributed by atoms with Gasteiger partial charge in [-0.3, -0.25) is 9.69 Å². The van der Waals surface area contributed by atoms with Gasteiger partial charge >= 0.3 is 0 Å². The van der Waals surface area contributed by atoms with Crippen LogP contribution in [0.5, 0.6) is 5.75 Å². The molecule has 2 aromatic carbocycles. The fourth-order valence-corrected chi connectivity index (χ4v) is 5.11. The fraction of sp³-hybridized carbons (Fsp3) is 0.435. The van der Waals surface area contributed by atoms with Crippen LogP contribution in [0.2, 0.25) is 5.02 Å². The molecule has 2 N–H and O–H groups in total. The lowest BCUT2D eigenvalue weighted by molar-refractivity contribution is -0.122. The Bertz CT molecular complexity index is 1010. The molecule has 1 amide bonds. The first-order chi connectivity index (χ1) is 15.9. The van der Waals surface area contributed by atoms with E-state index in [1.54, 1.807) is 0 Å². The van der Waals surface area contributed by atoms with Gasteiger partial charge < -0.3 is 14.8 Å². The van der Waals surface area contributed by atoms with Gasteiger partial charge in [-0.15, -0.1) is 0 Å². The van der Waals surface area contributed by atoms with Crippen molar-refractivity contribution in [2.75, 3.05) is 46.5 Å². The minimum atomic E-state index is -3.99. The van der Waals surface area contributed by atoms with Gasteiger partial charge in [0.15, 0.2) is 0 Å². The summed E-state index contributed by atoms with van der Waals surface area (Å²) >= 11 is 6.10. The molecule has 3 rings (SSSR count). The van der Waals surface area contributed by atoms with Crippen molar-refractivity contribution in [2.45, 2.75) is 23.8 Å². The van der Waals surface area contributed by atoms with Gasteiger partial charge in [-0.05, 0) is 43.1 Å². The van der Waals surface area contributed by atoms with Gasteiger partial charge in [0.2, 0.25) is 15.9 Å². The maximum atomic E-state index is 13.0. The molecule has 1 fully saturated rings. The molecular weight excluding hydrogens is 466 g/mol. The highest BCUT2D eigenvalue weighted by Crippen LogP contribution is 2.27. The molecule has 1 aliphatic rings. The van der Waals surface area contributed by atoms with Gasteiger partial charge in [0.1, 0.15) is 11.8 Å². The number of halogens is 1. The normalized spacial score (nSPS) is 15.7. The lowest BCUT2D eigenvalue weighted by Crippen LogP contribution is -2.48. The lowest BCUT2D eigenvalue weighted by atomic mass is 10.1. The number of carbonyl (C=O) groups excluding carboxylic acids is 1. The zero-order chi connectivity index (χ0) is 23.7. The van der Waals surface area contributed by atoms with Gasteiger partial charge in [-0.2, -0.15) is 4.72 Å². The molecule has 33 heavy (non-hydrogen) atoms. The van der Waals surface area contributed by atoms with Crippen LogP contribution in [0, 0.1) is 0 Å². The highest BCUT2D eigenvalue weighted by atomic mass is 35.5. The minimum Gasteiger partial charge on any atom is -0.495 e. The third kappa shape index (κ3) is 7.68. The fourth-order valence-electron chi connectivity index (χ4n) is 3.57. The molecule has 2 aromatic rings. The van der Waals surface area contributed by atoms with Crippen molar-refractivity contribution in [3.05, 3.63) is 59.1 Å². The Kier molecular flexibility index (Phi) is 9.52. The van der Waals surface area contributed by atoms with E-state index >= 15 is 0 Å². The zero-order valence-electron chi connectivity index (χ0n) is 18.6. The summed E-state index contributed by atoms with van der Waals surface area (Å²) in [5.74, 6) is -0.00141. The van der Waals surface area contributed by atoms with Gasteiger partial charge in [0, 0.05) is 19.6 Å². The number of morpholine rings is 1. The summed E-state index contributed by atoms with van der Waals surface area (Å²) in [5.41, 5.74) is 0.849. The molecule has 10 heteroatoms. The van der Waals surface area contributed by atoms with E-state index in [1.807, 2.05) is 30.3 Å². The minimum absolute atomic E-state index is 0.0357. The number of carbonyl (C=O) groups is 1. The molecule has 0 radical (unpaired) electrons. The Morgan fingerprint density at radius 3 is 2.58 bits per heavy atom. The second kappa shape index (κ2) is 12.3. The summed E-state index contributed by atoms with van der Waals surface area (Å²) in [4.78, 5) is 15.2. The molecule has 0 bridgehead atoms. The predicted octanol–water partition coefficient (Wildman–Crippen LogP) is 2.08. The second-order valence-corrected chi connectivity index (χ2v) is 9.88. The summed E-state index contributed by atoms with van der Waals surface area (Å²) in [6, 6.07) is 12.5. The third-order valence-corrected chi connectivity index (χ3v) is 7.15. The Labute approximate surface area is 200 Å². The first kappa shape index (κ1) is 25.5. The van der Waals surface area contributed by atoms with Crippen LogP contribution in [0.15, 0.2) is 53.4 Å². The molecule has 0 spiro atoms. The van der Waals surface area contributed by atoms with Crippen LogP contribution in [0.4, 0.5) is 0 Å². The monoisotopic (exact) mass is 495 g/mol. The molecule has 1 heterocycles. The Morgan fingerprint density at radius 1 is 1.18 bits per heavy atom. The van der Waals surface area contributed by atoms with Gasteiger partial charge in [-0.1, -0.05) is 41.9 Å². The van der Waals surface area contributed by atoms with E-state index in [-0.39, 0.29) is 22.2 Å². The number of rotatable bonds is 11. The van der Waals surface area contributed by atoms with E-state index in [0.717, 1.165) is 44.8 Å². The third-order valence-electron chi connectivity index (χ3n) is 5.38. The summed E-state index contributed by atoms with van der Waals surface area (Å²) < 4.78 is 39.0. The SMILES string of the molecule is COc1ccc(S(=O)(=O)NC(Cc2ccccc2)C(=O)NCCCN2CCOCC2)cc1Cl. The van der Waals surface area contributed by atoms with Gasteiger partial charge in [0.05, 0.1) is 30.2 Å². The number of sulfonamides is 1. The summed E-state index contributed by atoms with van der Waals surface area (Å²) in [7, 11) is -2.54. The first-order valence-corrected chi connectivity index (χ1v) is 12.7. The highest BCUT2D eigenvalue weighted by Gasteiger charge is 2.26. The number of benzene rings is 2. The quantitative estimate of drug-likeness (QED) is 0.463. The van der Waals surface area contributed by atoms with Gasteiger partial charge in [-0.25, -0.2) is 8.42 Å². The predicted molar refractivity (Wildman–Crippen MR) is 127 cm³/mol. The topological polar surface area (TPSA) is 97.0 Å². The van der Waals surface area contributed by atoms with E-state index in [0.29, 0.717) is 12.3 Å². The average molecular weight is 496 g/mol. The average Bonchev–Trinajstić information content (AvgIpc) is 2.82. The van der Waals surface area contributed by atoms with Crippen LogP contribution < -0.4 is 14.8 Å². The smallest absolute Gasteiger partial charge is 0.241 e. The van der Waals surface area contributed by atoms with Crippen molar-refractivity contribution in [3.63, 3.8) is 0 Å². The van der Waals surface area contributed by atoms with E-state index in [9.17, 15) is 13.2 Å². The van der Waals surface area contributed by atoms with Crippen molar-refractivity contribution in [1.29, 1.82) is 0 Å². The summed E-state index contributed by atoms with van der Waals surface area (Å²) in [6.07, 6.45) is 0.990. The van der Waals surface area contributed by atoms with Crippen molar-refractivity contribution >= 4 is 27.5 Å².